The molecule has 0 saturated heterocycles. The molecule has 2 aliphatic rings. The van der Waals surface area contributed by atoms with Crippen molar-refractivity contribution in [2.75, 3.05) is 16.8 Å². The van der Waals surface area contributed by atoms with Gasteiger partial charge in [-0.1, -0.05) is 56.0 Å². The first-order valence-corrected chi connectivity index (χ1v) is 10.1. The lowest BCUT2D eigenvalue weighted by Gasteiger charge is -2.29. The fourth-order valence-corrected chi connectivity index (χ4v) is 4.08. The van der Waals surface area contributed by atoms with E-state index in [1.54, 1.807) is 4.90 Å². The second-order valence-corrected chi connectivity index (χ2v) is 7.67. The molecule has 2 amide bonds. The third kappa shape index (κ3) is 4.35. The molecule has 5 nitrogen and oxygen atoms in total. The molecular weight excluding hydrogens is 352 g/mol. The molecule has 2 aromatic carbocycles. The summed E-state index contributed by atoms with van der Waals surface area (Å²) in [7, 11) is 0. The highest BCUT2D eigenvalue weighted by atomic mass is 16.5. The molecule has 0 bridgehead atoms. The van der Waals surface area contributed by atoms with Gasteiger partial charge in [-0.2, -0.15) is 0 Å². The Morgan fingerprint density at radius 3 is 2.68 bits per heavy atom. The van der Waals surface area contributed by atoms with E-state index in [4.69, 9.17) is 4.74 Å². The van der Waals surface area contributed by atoms with Crippen LogP contribution >= 0.6 is 0 Å². The highest BCUT2D eigenvalue weighted by Crippen LogP contribution is 2.35. The van der Waals surface area contributed by atoms with Crippen molar-refractivity contribution in [3.63, 3.8) is 0 Å². The average Bonchev–Trinajstić information content (AvgIpc) is 3.23. The van der Waals surface area contributed by atoms with Gasteiger partial charge >= 0.3 is 0 Å². The highest BCUT2D eigenvalue weighted by molar-refractivity contribution is 5.99. The van der Waals surface area contributed by atoms with Gasteiger partial charge in [0, 0.05) is 18.2 Å². The summed E-state index contributed by atoms with van der Waals surface area (Å²) in [4.78, 5) is 26.4. The van der Waals surface area contributed by atoms with Crippen molar-refractivity contribution in [2.45, 2.75) is 45.1 Å². The van der Waals surface area contributed by atoms with E-state index in [0.717, 1.165) is 17.7 Å². The predicted octanol–water partition coefficient (Wildman–Crippen LogP) is 4.52. The summed E-state index contributed by atoms with van der Waals surface area (Å²) in [5, 5.41) is 2.97. The lowest BCUT2D eigenvalue weighted by atomic mass is 10.0. The van der Waals surface area contributed by atoms with Crippen molar-refractivity contribution in [3.05, 3.63) is 54.1 Å². The van der Waals surface area contributed by atoms with Crippen molar-refractivity contribution in [1.29, 1.82) is 0 Å². The second-order valence-electron chi connectivity index (χ2n) is 7.67. The quantitative estimate of drug-likeness (QED) is 0.804. The number of carbonyl (C=O) groups is 2. The normalized spacial score (nSPS) is 16.6. The van der Waals surface area contributed by atoms with E-state index in [0.29, 0.717) is 30.3 Å². The Balaban J connectivity index is 1.42. The first-order chi connectivity index (χ1) is 13.7. The number of anilines is 2. The third-order valence-electron chi connectivity index (χ3n) is 5.62. The molecule has 0 unspecified atom stereocenters. The third-order valence-corrected chi connectivity index (χ3v) is 5.62. The average molecular weight is 378 g/mol. The Hall–Kier alpha value is -2.82. The molecule has 1 heterocycles. The summed E-state index contributed by atoms with van der Waals surface area (Å²) >= 11 is 0. The molecule has 2 aromatic rings. The van der Waals surface area contributed by atoms with Crippen LogP contribution in [0.15, 0.2) is 48.5 Å². The van der Waals surface area contributed by atoms with Crippen LogP contribution in [0.2, 0.25) is 0 Å². The molecule has 1 fully saturated rings. The predicted molar refractivity (Wildman–Crippen MR) is 109 cm³/mol. The zero-order valence-electron chi connectivity index (χ0n) is 16.0. The molecular formula is C23H26N2O3. The van der Waals surface area contributed by atoms with E-state index in [2.05, 4.69) is 5.32 Å². The minimum Gasteiger partial charge on any atom is -0.481 e. The topological polar surface area (TPSA) is 58.6 Å². The van der Waals surface area contributed by atoms with Crippen molar-refractivity contribution >= 4 is 23.2 Å². The standard InChI is InChI=1S/C23H26N2O3/c26-22(13-10-17-6-4-5-7-17)24-19-11-12-20-21(14-19)28-16-23(27)25(20)15-18-8-2-1-3-9-18/h1-3,8-9,11-12,14,17H,4-7,10,13,15-16H2,(H,24,26). The summed E-state index contributed by atoms with van der Waals surface area (Å²) in [6, 6.07) is 15.4. The van der Waals surface area contributed by atoms with Gasteiger partial charge < -0.3 is 15.0 Å². The van der Waals surface area contributed by atoms with Crippen molar-refractivity contribution < 1.29 is 14.3 Å². The van der Waals surface area contributed by atoms with Crippen LogP contribution in [0.1, 0.15) is 44.1 Å². The van der Waals surface area contributed by atoms with E-state index in [-0.39, 0.29) is 18.4 Å². The fourth-order valence-electron chi connectivity index (χ4n) is 4.08. The molecule has 1 aliphatic heterocycles. The first-order valence-electron chi connectivity index (χ1n) is 10.1. The van der Waals surface area contributed by atoms with Gasteiger partial charge in [0.1, 0.15) is 5.75 Å². The van der Waals surface area contributed by atoms with Gasteiger partial charge in [0.15, 0.2) is 6.61 Å². The van der Waals surface area contributed by atoms with Gasteiger partial charge in [-0.05, 0) is 30.0 Å². The van der Waals surface area contributed by atoms with E-state index >= 15 is 0 Å². The molecule has 5 heteroatoms. The van der Waals surface area contributed by atoms with Crippen molar-refractivity contribution in [3.8, 4) is 5.75 Å². The summed E-state index contributed by atoms with van der Waals surface area (Å²) in [6.45, 7) is 0.516. The van der Waals surface area contributed by atoms with Gasteiger partial charge in [0.05, 0.1) is 12.2 Å². The van der Waals surface area contributed by atoms with E-state index in [1.807, 2.05) is 48.5 Å². The molecule has 1 N–H and O–H groups in total. The Morgan fingerprint density at radius 1 is 1.11 bits per heavy atom. The Labute approximate surface area is 165 Å². The molecule has 1 saturated carbocycles. The first kappa shape index (κ1) is 18.5. The van der Waals surface area contributed by atoms with Gasteiger partial charge in [0.25, 0.3) is 5.91 Å². The van der Waals surface area contributed by atoms with E-state index < -0.39 is 0 Å². The number of hydrogen-bond donors (Lipinski definition) is 1. The van der Waals surface area contributed by atoms with Crippen LogP contribution in [0, 0.1) is 5.92 Å². The van der Waals surface area contributed by atoms with Crippen LogP contribution in [-0.4, -0.2) is 18.4 Å². The molecule has 28 heavy (non-hydrogen) atoms. The maximum atomic E-state index is 12.4. The Kier molecular flexibility index (Phi) is 5.60. The molecule has 0 radical (unpaired) electrons. The van der Waals surface area contributed by atoms with Crippen molar-refractivity contribution in [1.82, 2.24) is 0 Å². The lowest BCUT2D eigenvalue weighted by Crippen LogP contribution is -2.38. The van der Waals surface area contributed by atoms with E-state index in [1.165, 1.54) is 25.7 Å². The highest BCUT2D eigenvalue weighted by Gasteiger charge is 2.26. The van der Waals surface area contributed by atoms with Crippen LogP contribution in [-0.2, 0) is 16.1 Å². The molecule has 0 atom stereocenters. The van der Waals surface area contributed by atoms with Crippen LogP contribution in [0.3, 0.4) is 0 Å². The SMILES string of the molecule is O=C(CCC1CCCC1)Nc1ccc2c(c1)OCC(=O)N2Cc1ccccc1. The lowest BCUT2D eigenvalue weighted by molar-refractivity contribution is -0.121. The van der Waals surface area contributed by atoms with Gasteiger partial charge in [-0.15, -0.1) is 0 Å². The second kappa shape index (κ2) is 8.46. The summed E-state index contributed by atoms with van der Waals surface area (Å²) in [5.74, 6) is 1.31. The zero-order valence-corrected chi connectivity index (χ0v) is 16.0. The fraction of sp³-hybridized carbons (Fsp3) is 0.391. The molecule has 1 aliphatic carbocycles. The van der Waals surface area contributed by atoms with Gasteiger partial charge in [-0.3, -0.25) is 9.59 Å². The van der Waals surface area contributed by atoms with Crippen LogP contribution in [0.4, 0.5) is 11.4 Å². The van der Waals surface area contributed by atoms with Gasteiger partial charge in [-0.25, -0.2) is 0 Å². The number of fused-ring (bicyclic) bond motifs is 1. The Morgan fingerprint density at radius 2 is 1.89 bits per heavy atom. The molecule has 0 aromatic heterocycles. The van der Waals surface area contributed by atoms with Crippen LogP contribution in [0.5, 0.6) is 5.75 Å². The number of nitrogens with zero attached hydrogens (tertiary/aromatic N) is 1. The maximum absolute atomic E-state index is 12.4. The summed E-state index contributed by atoms with van der Waals surface area (Å²) in [6.07, 6.45) is 6.63. The number of ether oxygens (including phenoxy) is 1. The number of carbonyl (C=O) groups excluding carboxylic acids is 2. The number of hydrogen-bond acceptors (Lipinski definition) is 3. The minimum atomic E-state index is -0.0651. The van der Waals surface area contributed by atoms with Crippen LogP contribution in [0.25, 0.3) is 0 Å². The number of benzene rings is 2. The monoisotopic (exact) mass is 378 g/mol. The maximum Gasteiger partial charge on any atom is 0.265 e. The Bertz CT molecular complexity index is 844. The number of amides is 2. The number of rotatable bonds is 6. The summed E-state index contributed by atoms with van der Waals surface area (Å²) in [5.41, 5.74) is 2.52. The molecule has 0 spiro atoms. The largest absolute Gasteiger partial charge is 0.481 e. The summed E-state index contributed by atoms with van der Waals surface area (Å²) < 4.78 is 5.62. The van der Waals surface area contributed by atoms with Gasteiger partial charge in [0.2, 0.25) is 5.91 Å². The van der Waals surface area contributed by atoms with E-state index in [9.17, 15) is 9.59 Å². The molecule has 4 rings (SSSR count). The minimum absolute atomic E-state index is 0.0128. The zero-order chi connectivity index (χ0) is 19.3. The van der Waals surface area contributed by atoms with Crippen molar-refractivity contribution in [2.24, 2.45) is 5.92 Å². The van der Waals surface area contributed by atoms with Crippen LogP contribution < -0.4 is 15.0 Å². The number of nitrogens with one attached hydrogen (secondary N) is 1. The molecule has 146 valence electrons. The smallest absolute Gasteiger partial charge is 0.265 e.